The Morgan fingerprint density at radius 3 is 1.74 bits per heavy atom. The van der Waals surface area contributed by atoms with Gasteiger partial charge in [-0.1, -0.05) is 0 Å². The van der Waals surface area contributed by atoms with Gasteiger partial charge in [-0.15, -0.1) is 0 Å². The van der Waals surface area contributed by atoms with Crippen LogP contribution in [0.4, 0.5) is 0 Å². The minimum Gasteiger partial charge on any atom is -0.497 e. The fourth-order valence-corrected chi connectivity index (χ4v) is 1.82. The predicted molar refractivity (Wildman–Crippen MR) is 83.7 cm³/mol. The Morgan fingerprint density at radius 1 is 0.739 bits per heavy atom. The van der Waals surface area contributed by atoms with Gasteiger partial charge >= 0.3 is 5.97 Å². The van der Waals surface area contributed by atoms with Crippen molar-refractivity contribution in [1.29, 1.82) is 0 Å². The highest BCUT2D eigenvalue weighted by molar-refractivity contribution is 5.74. The van der Waals surface area contributed by atoms with Gasteiger partial charge in [0.1, 0.15) is 28.7 Å². The SMILES string of the molecule is COc1ccc(OCC(=O)Oc2cc(OC)cc(OC)c2)cc1. The van der Waals surface area contributed by atoms with Crippen molar-refractivity contribution in [2.45, 2.75) is 0 Å². The van der Waals surface area contributed by atoms with Gasteiger partial charge in [-0.05, 0) is 24.3 Å². The molecule has 2 aromatic rings. The van der Waals surface area contributed by atoms with Crippen LogP contribution in [0, 0.1) is 0 Å². The zero-order valence-corrected chi connectivity index (χ0v) is 13.2. The number of benzene rings is 2. The molecule has 0 radical (unpaired) electrons. The zero-order valence-electron chi connectivity index (χ0n) is 13.2. The Labute approximate surface area is 134 Å². The maximum atomic E-state index is 11.9. The van der Waals surface area contributed by atoms with Crippen molar-refractivity contribution in [3.63, 3.8) is 0 Å². The van der Waals surface area contributed by atoms with E-state index in [0.29, 0.717) is 28.7 Å². The Balaban J connectivity index is 1.93. The molecule has 0 amide bonds. The van der Waals surface area contributed by atoms with E-state index in [9.17, 15) is 4.79 Å². The minimum absolute atomic E-state index is 0.216. The molecular formula is C17H18O6. The third kappa shape index (κ3) is 4.81. The molecular weight excluding hydrogens is 300 g/mol. The molecule has 0 N–H and O–H groups in total. The van der Waals surface area contributed by atoms with E-state index < -0.39 is 5.97 Å². The summed E-state index contributed by atoms with van der Waals surface area (Å²) in [7, 11) is 4.62. The first-order chi connectivity index (χ1) is 11.1. The predicted octanol–water partition coefficient (Wildman–Crippen LogP) is 2.70. The molecule has 0 unspecified atom stereocenters. The van der Waals surface area contributed by atoms with Crippen LogP contribution in [-0.2, 0) is 4.79 Å². The van der Waals surface area contributed by atoms with Crippen LogP contribution in [0.2, 0.25) is 0 Å². The highest BCUT2D eigenvalue weighted by Gasteiger charge is 2.09. The third-order valence-electron chi connectivity index (χ3n) is 2.97. The smallest absolute Gasteiger partial charge is 0.349 e. The van der Waals surface area contributed by atoms with Crippen LogP contribution < -0.4 is 23.7 Å². The molecule has 0 atom stereocenters. The van der Waals surface area contributed by atoms with Crippen LogP contribution >= 0.6 is 0 Å². The fraction of sp³-hybridized carbons (Fsp3) is 0.235. The average molecular weight is 318 g/mol. The summed E-state index contributed by atoms with van der Waals surface area (Å²) in [4.78, 5) is 11.9. The van der Waals surface area contributed by atoms with E-state index in [2.05, 4.69) is 0 Å². The Hall–Kier alpha value is -2.89. The second-order valence-corrected chi connectivity index (χ2v) is 4.49. The van der Waals surface area contributed by atoms with E-state index in [-0.39, 0.29) is 6.61 Å². The molecule has 6 nitrogen and oxygen atoms in total. The number of esters is 1. The van der Waals surface area contributed by atoms with Gasteiger partial charge in [0.05, 0.1) is 21.3 Å². The lowest BCUT2D eigenvalue weighted by molar-refractivity contribution is -0.136. The molecule has 0 fully saturated rings. The monoisotopic (exact) mass is 318 g/mol. The lowest BCUT2D eigenvalue weighted by atomic mass is 10.3. The number of carbonyl (C=O) groups excluding carboxylic acids is 1. The largest absolute Gasteiger partial charge is 0.497 e. The number of hydrogen-bond donors (Lipinski definition) is 0. The standard InChI is InChI=1S/C17H18O6/c1-19-12-4-6-13(7-5-12)22-11-17(18)23-16-9-14(20-2)8-15(10-16)21-3/h4-10H,11H2,1-3H3. The van der Waals surface area contributed by atoms with Gasteiger partial charge in [-0.2, -0.15) is 0 Å². The average Bonchev–Trinajstić information content (AvgIpc) is 2.60. The van der Waals surface area contributed by atoms with E-state index in [0.717, 1.165) is 0 Å². The van der Waals surface area contributed by atoms with Gasteiger partial charge in [0.15, 0.2) is 6.61 Å². The molecule has 0 spiro atoms. The van der Waals surface area contributed by atoms with Gasteiger partial charge in [0.2, 0.25) is 0 Å². The Morgan fingerprint density at radius 2 is 1.22 bits per heavy atom. The number of hydrogen-bond acceptors (Lipinski definition) is 6. The topological polar surface area (TPSA) is 63.2 Å². The summed E-state index contributed by atoms with van der Waals surface area (Å²) in [6, 6.07) is 11.8. The van der Waals surface area contributed by atoms with Crippen molar-refractivity contribution < 1.29 is 28.5 Å². The summed E-state index contributed by atoms with van der Waals surface area (Å²) in [6.45, 7) is -0.216. The van der Waals surface area contributed by atoms with Crippen molar-refractivity contribution in [3.05, 3.63) is 42.5 Å². The van der Waals surface area contributed by atoms with Crippen LogP contribution in [0.15, 0.2) is 42.5 Å². The van der Waals surface area contributed by atoms with Crippen LogP contribution in [0.1, 0.15) is 0 Å². The van der Waals surface area contributed by atoms with Crippen LogP contribution in [-0.4, -0.2) is 33.9 Å². The first-order valence-electron chi connectivity index (χ1n) is 6.85. The molecule has 2 aromatic carbocycles. The molecule has 2 rings (SSSR count). The van der Waals surface area contributed by atoms with Crippen molar-refractivity contribution in [2.75, 3.05) is 27.9 Å². The minimum atomic E-state index is -0.531. The lowest BCUT2D eigenvalue weighted by Gasteiger charge is -2.10. The normalized spacial score (nSPS) is 9.87. The van der Waals surface area contributed by atoms with Gasteiger partial charge in [0, 0.05) is 18.2 Å². The second kappa shape index (κ2) is 7.93. The van der Waals surface area contributed by atoms with Crippen LogP contribution in [0.5, 0.6) is 28.7 Å². The molecule has 0 aliphatic rings. The summed E-state index contributed by atoms with van der Waals surface area (Å²) < 4.78 is 25.9. The molecule has 0 bridgehead atoms. The summed E-state index contributed by atoms with van der Waals surface area (Å²) in [5, 5.41) is 0. The molecule has 0 aromatic heterocycles. The third-order valence-corrected chi connectivity index (χ3v) is 2.97. The Bertz CT molecular complexity index is 628. The molecule has 23 heavy (non-hydrogen) atoms. The summed E-state index contributed by atoms with van der Waals surface area (Å²) >= 11 is 0. The molecule has 6 heteroatoms. The fourth-order valence-electron chi connectivity index (χ4n) is 1.82. The van der Waals surface area contributed by atoms with Crippen LogP contribution in [0.3, 0.4) is 0 Å². The zero-order chi connectivity index (χ0) is 16.7. The first-order valence-corrected chi connectivity index (χ1v) is 6.85. The lowest BCUT2D eigenvalue weighted by Crippen LogP contribution is -2.17. The molecule has 0 saturated carbocycles. The van der Waals surface area contributed by atoms with E-state index in [1.54, 1.807) is 49.6 Å². The number of rotatable bonds is 7. The molecule has 0 saturated heterocycles. The highest BCUT2D eigenvalue weighted by Crippen LogP contribution is 2.27. The van der Waals surface area contributed by atoms with E-state index in [1.807, 2.05) is 0 Å². The number of carbonyl (C=O) groups is 1. The maximum Gasteiger partial charge on any atom is 0.349 e. The van der Waals surface area contributed by atoms with Crippen molar-refractivity contribution in [3.8, 4) is 28.7 Å². The van der Waals surface area contributed by atoms with Crippen molar-refractivity contribution >= 4 is 5.97 Å². The summed E-state index contributed by atoms with van der Waals surface area (Å²) in [6.07, 6.45) is 0. The van der Waals surface area contributed by atoms with Crippen molar-refractivity contribution in [1.82, 2.24) is 0 Å². The molecule has 0 aliphatic heterocycles. The Kier molecular flexibility index (Phi) is 5.68. The van der Waals surface area contributed by atoms with E-state index >= 15 is 0 Å². The summed E-state index contributed by atoms with van der Waals surface area (Å²) in [5.74, 6) is 2.11. The summed E-state index contributed by atoms with van der Waals surface area (Å²) in [5.41, 5.74) is 0. The molecule has 0 aliphatic carbocycles. The number of ether oxygens (including phenoxy) is 5. The van der Waals surface area contributed by atoms with Crippen molar-refractivity contribution in [2.24, 2.45) is 0 Å². The maximum absolute atomic E-state index is 11.9. The van der Waals surface area contributed by atoms with Gasteiger partial charge in [-0.3, -0.25) is 0 Å². The quantitative estimate of drug-likeness (QED) is 0.578. The van der Waals surface area contributed by atoms with E-state index in [4.69, 9.17) is 23.7 Å². The second-order valence-electron chi connectivity index (χ2n) is 4.49. The van der Waals surface area contributed by atoms with Gasteiger partial charge in [0.25, 0.3) is 0 Å². The number of methoxy groups -OCH3 is 3. The van der Waals surface area contributed by atoms with Crippen LogP contribution in [0.25, 0.3) is 0 Å². The highest BCUT2D eigenvalue weighted by atomic mass is 16.6. The molecule has 0 heterocycles. The van der Waals surface area contributed by atoms with Gasteiger partial charge < -0.3 is 23.7 Å². The van der Waals surface area contributed by atoms with Gasteiger partial charge in [-0.25, -0.2) is 4.79 Å². The first kappa shape index (κ1) is 16.5. The molecule has 122 valence electrons. The van der Waals surface area contributed by atoms with E-state index in [1.165, 1.54) is 14.2 Å².